The van der Waals surface area contributed by atoms with Gasteiger partial charge in [-0.1, -0.05) is 40.0 Å². The van der Waals surface area contributed by atoms with E-state index >= 15 is 0 Å². The van der Waals surface area contributed by atoms with Gasteiger partial charge in [0.2, 0.25) is 5.79 Å². The van der Waals surface area contributed by atoms with Crippen LogP contribution in [0.1, 0.15) is 91.4 Å². The second-order valence-electron chi connectivity index (χ2n) is 7.67. The Morgan fingerprint density at radius 3 is 1.80 bits per heavy atom. The monoisotopic (exact) mass is 438 g/mol. The highest BCUT2D eigenvalue weighted by Crippen LogP contribution is 2.61. The first-order valence-corrected chi connectivity index (χ1v) is 12.8. The maximum Gasteiger partial charge on any atom is 0.308 e. The van der Waals surface area contributed by atoms with Crippen molar-refractivity contribution in [1.82, 2.24) is 0 Å². The first-order valence-electron chi connectivity index (χ1n) is 10.3. The number of ether oxygens (including phenoxy) is 1. The van der Waals surface area contributed by atoms with Crippen LogP contribution in [0.2, 0.25) is 0 Å². The molecule has 1 heterocycles. The van der Waals surface area contributed by atoms with Crippen LogP contribution in [-0.2, 0) is 9.53 Å². The predicted molar refractivity (Wildman–Crippen MR) is 105 cm³/mol. The van der Waals surface area contributed by atoms with Crippen molar-refractivity contribution in [3.8, 4) is 0 Å². The highest BCUT2D eigenvalue weighted by molar-refractivity contribution is 7.75. The minimum absolute atomic E-state index is 0. The van der Waals surface area contributed by atoms with Gasteiger partial charge in [0.15, 0.2) is 0 Å². The number of rotatable bonds is 14. The van der Waals surface area contributed by atoms with Crippen LogP contribution in [0, 0.1) is 0 Å². The van der Waals surface area contributed by atoms with Crippen molar-refractivity contribution >= 4 is 13.2 Å². The summed E-state index contributed by atoms with van der Waals surface area (Å²) in [4.78, 5) is 11.2. The topological polar surface area (TPSA) is 46.5 Å². The van der Waals surface area contributed by atoms with Gasteiger partial charge in [0, 0.05) is 20.1 Å². The highest BCUT2D eigenvalue weighted by atomic mass is 79.9. The van der Waals surface area contributed by atoms with Gasteiger partial charge < -0.3 is 26.8 Å². The van der Waals surface area contributed by atoms with Crippen molar-refractivity contribution in [1.29, 1.82) is 0 Å². The van der Waals surface area contributed by atoms with Gasteiger partial charge in [-0.25, -0.2) is 0 Å². The van der Waals surface area contributed by atoms with E-state index in [2.05, 4.69) is 20.8 Å². The molecule has 150 valence electrons. The van der Waals surface area contributed by atoms with Crippen LogP contribution in [0.25, 0.3) is 0 Å². The molecule has 1 saturated heterocycles. The normalized spacial score (nSPS) is 20.4. The Bertz CT molecular complexity index is 343. The molecule has 3 nitrogen and oxygen atoms in total. The third kappa shape index (κ3) is 9.73. The summed E-state index contributed by atoms with van der Waals surface area (Å²) in [6.45, 7) is 6.91. The molecular formula is C20H40BrO3P. The van der Waals surface area contributed by atoms with E-state index in [0.717, 1.165) is 6.42 Å². The summed E-state index contributed by atoms with van der Waals surface area (Å²) in [6.07, 6.45) is 17.4. The van der Waals surface area contributed by atoms with Gasteiger partial charge in [-0.3, -0.25) is 4.79 Å². The van der Waals surface area contributed by atoms with E-state index in [1.54, 1.807) is 0 Å². The summed E-state index contributed by atoms with van der Waals surface area (Å²) >= 11 is 0. The van der Waals surface area contributed by atoms with Crippen LogP contribution in [0.5, 0.6) is 0 Å². The molecule has 1 aliphatic rings. The molecule has 0 radical (unpaired) electrons. The zero-order chi connectivity index (χ0) is 17.9. The molecule has 1 aliphatic heterocycles. The van der Waals surface area contributed by atoms with Crippen molar-refractivity contribution in [2.45, 2.75) is 97.2 Å². The second-order valence-corrected chi connectivity index (χ2v) is 12.1. The minimum Gasteiger partial charge on any atom is -1.00 e. The number of hydrogen-bond donors (Lipinski definition) is 1. The molecule has 1 rings (SSSR count). The van der Waals surface area contributed by atoms with Gasteiger partial charge in [0.05, 0.1) is 31.1 Å². The molecule has 5 heteroatoms. The molecule has 1 unspecified atom stereocenters. The van der Waals surface area contributed by atoms with Gasteiger partial charge in [0.25, 0.3) is 0 Å². The van der Waals surface area contributed by atoms with Crippen LogP contribution >= 0.6 is 7.26 Å². The van der Waals surface area contributed by atoms with E-state index < -0.39 is 13.0 Å². The van der Waals surface area contributed by atoms with Crippen molar-refractivity contribution in [3.63, 3.8) is 0 Å². The largest absolute Gasteiger partial charge is 1.00 e. The van der Waals surface area contributed by atoms with Gasteiger partial charge in [-0.15, -0.1) is 0 Å². The summed E-state index contributed by atoms with van der Waals surface area (Å²) in [5.74, 6) is -1.40. The fourth-order valence-corrected chi connectivity index (χ4v) is 8.98. The van der Waals surface area contributed by atoms with Crippen molar-refractivity contribution in [3.05, 3.63) is 0 Å². The Labute approximate surface area is 166 Å². The lowest BCUT2D eigenvalue weighted by Gasteiger charge is -2.28. The average Bonchev–Trinajstić information content (AvgIpc) is 2.92. The average molecular weight is 439 g/mol. The van der Waals surface area contributed by atoms with E-state index in [1.165, 1.54) is 69.6 Å². The first-order chi connectivity index (χ1) is 11.5. The fraction of sp³-hybridized carbons (Fsp3) is 0.950. The standard InChI is InChI=1S/C20H40O3P.BrH/c1-4-7-15-24(16-8-5-2,17-9-6-3)18-11-10-13-20(22)14-12-19(21)23-20;/h22H,4-18H2,1-3H3;1H/q+1;/p-1. The van der Waals surface area contributed by atoms with Gasteiger partial charge in [0.1, 0.15) is 0 Å². The molecule has 0 amide bonds. The van der Waals surface area contributed by atoms with Crippen LogP contribution in [0.3, 0.4) is 0 Å². The zero-order valence-electron chi connectivity index (χ0n) is 16.7. The fourth-order valence-electron chi connectivity index (χ4n) is 3.79. The third-order valence-electron chi connectivity index (χ3n) is 5.43. The second kappa shape index (κ2) is 13.5. The van der Waals surface area contributed by atoms with Crippen LogP contribution in [0.15, 0.2) is 0 Å². The number of unbranched alkanes of at least 4 members (excludes halogenated alkanes) is 4. The van der Waals surface area contributed by atoms with Gasteiger partial charge >= 0.3 is 5.97 Å². The van der Waals surface area contributed by atoms with Crippen molar-refractivity contribution in [2.75, 3.05) is 24.6 Å². The molecule has 0 aromatic rings. The molecule has 0 aromatic carbocycles. The SMILES string of the molecule is CCCC[P+](CCCC)(CCCC)CCCCC1(O)CCC(=O)O1.[Br-]. The van der Waals surface area contributed by atoms with E-state index in [4.69, 9.17) is 4.74 Å². The summed E-state index contributed by atoms with van der Waals surface area (Å²) in [5, 5.41) is 10.3. The Morgan fingerprint density at radius 2 is 1.40 bits per heavy atom. The molecular weight excluding hydrogens is 399 g/mol. The summed E-state index contributed by atoms with van der Waals surface area (Å²) < 4.78 is 5.10. The molecule has 0 bridgehead atoms. The Balaban J connectivity index is 0.00000576. The quantitative estimate of drug-likeness (QED) is 0.257. The number of halogens is 1. The summed E-state index contributed by atoms with van der Waals surface area (Å²) in [7, 11) is -0.831. The molecule has 0 saturated carbocycles. The maximum absolute atomic E-state index is 11.2. The third-order valence-corrected chi connectivity index (χ3v) is 10.5. The number of hydrogen-bond acceptors (Lipinski definition) is 3. The lowest BCUT2D eigenvalue weighted by molar-refractivity contribution is -0.190. The van der Waals surface area contributed by atoms with E-state index in [-0.39, 0.29) is 23.0 Å². The lowest BCUT2D eigenvalue weighted by Crippen LogP contribution is -3.00. The smallest absolute Gasteiger partial charge is 0.308 e. The van der Waals surface area contributed by atoms with E-state index in [9.17, 15) is 9.90 Å². The Hall–Kier alpha value is 0.340. The number of carbonyl (C=O) groups excluding carboxylic acids is 1. The maximum atomic E-state index is 11.2. The Kier molecular flexibility index (Phi) is 13.7. The molecule has 1 N–H and O–H groups in total. The van der Waals surface area contributed by atoms with Gasteiger partial charge in [-0.05, 0) is 32.1 Å². The molecule has 0 spiro atoms. The molecule has 25 heavy (non-hydrogen) atoms. The number of carbonyl (C=O) groups is 1. The van der Waals surface area contributed by atoms with E-state index in [0.29, 0.717) is 19.3 Å². The predicted octanol–water partition coefficient (Wildman–Crippen LogP) is 2.60. The van der Waals surface area contributed by atoms with Crippen molar-refractivity contribution in [2.24, 2.45) is 0 Å². The molecule has 0 aromatic heterocycles. The number of cyclic esters (lactones) is 1. The summed E-state index contributed by atoms with van der Waals surface area (Å²) in [6, 6.07) is 0. The van der Waals surface area contributed by atoms with Crippen LogP contribution < -0.4 is 17.0 Å². The van der Waals surface area contributed by atoms with Gasteiger partial charge in [-0.2, -0.15) is 0 Å². The molecule has 1 atom stereocenters. The lowest BCUT2D eigenvalue weighted by atomic mass is 10.1. The van der Waals surface area contributed by atoms with E-state index in [1.807, 2.05) is 0 Å². The number of esters is 1. The van der Waals surface area contributed by atoms with Crippen LogP contribution in [-0.4, -0.2) is 41.5 Å². The Morgan fingerprint density at radius 1 is 0.920 bits per heavy atom. The molecule has 1 fully saturated rings. The number of aliphatic hydroxyl groups is 1. The van der Waals surface area contributed by atoms with Crippen LogP contribution in [0.4, 0.5) is 0 Å². The first kappa shape index (κ1) is 25.3. The molecule has 0 aliphatic carbocycles. The van der Waals surface area contributed by atoms with Crippen molar-refractivity contribution < 1.29 is 31.6 Å². The summed E-state index contributed by atoms with van der Waals surface area (Å²) in [5.41, 5.74) is 0. The minimum atomic E-state index is -1.16. The zero-order valence-corrected chi connectivity index (χ0v) is 19.2. The highest BCUT2D eigenvalue weighted by Gasteiger charge is 2.39.